The van der Waals surface area contributed by atoms with Crippen LogP contribution in [0.15, 0.2) is 15.9 Å². The number of halogens is 1. The minimum atomic E-state index is -0.212. The molecule has 0 amide bonds. The zero-order valence-corrected chi connectivity index (χ0v) is 15.8. The van der Waals surface area contributed by atoms with Crippen molar-refractivity contribution in [1.82, 2.24) is 0 Å². The molecule has 0 aliphatic heterocycles. The molecule has 0 atom stereocenters. The van der Waals surface area contributed by atoms with E-state index in [1.165, 1.54) is 11.3 Å². The second-order valence-electron chi connectivity index (χ2n) is 7.05. The molecule has 1 aromatic heterocycles. The van der Waals surface area contributed by atoms with Crippen LogP contribution in [-0.2, 0) is 9.53 Å². The Morgan fingerprint density at radius 2 is 1.86 bits per heavy atom. The average molecular weight is 387 g/mol. The van der Waals surface area contributed by atoms with Gasteiger partial charge in [0.15, 0.2) is 6.61 Å². The van der Waals surface area contributed by atoms with Gasteiger partial charge in [-0.25, -0.2) is 0 Å². The molecule has 5 heteroatoms. The van der Waals surface area contributed by atoms with E-state index in [0.717, 1.165) is 29.5 Å². The Balaban J connectivity index is 1.78. The van der Waals surface area contributed by atoms with Crippen LogP contribution in [0.2, 0.25) is 0 Å². The van der Waals surface area contributed by atoms with Crippen LogP contribution in [0.4, 0.5) is 0 Å². The van der Waals surface area contributed by atoms with Crippen molar-refractivity contribution in [3.63, 3.8) is 0 Å². The SMILES string of the molecule is CC(C)(C)C1CCC(C(=O)OCC(=O)c2ccc(Br)s2)CC1. The van der Waals surface area contributed by atoms with Gasteiger partial charge >= 0.3 is 5.97 Å². The number of hydrogen-bond donors (Lipinski definition) is 0. The number of esters is 1. The van der Waals surface area contributed by atoms with Gasteiger partial charge in [-0.3, -0.25) is 9.59 Å². The molecule has 0 spiro atoms. The second-order valence-corrected chi connectivity index (χ2v) is 9.51. The van der Waals surface area contributed by atoms with Gasteiger partial charge in [0.05, 0.1) is 14.6 Å². The third-order valence-electron chi connectivity index (χ3n) is 4.48. The molecule has 0 unspecified atom stereocenters. The fourth-order valence-electron chi connectivity index (χ4n) is 2.98. The van der Waals surface area contributed by atoms with Crippen molar-refractivity contribution in [1.29, 1.82) is 0 Å². The van der Waals surface area contributed by atoms with E-state index in [9.17, 15) is 9.59 Å². The molecule has 0 N–H and O–H groups in total. The smallest absolute Gasteiger partial charge is 0.309 e. The van der Waals surface area contributed by atoms with Crippen LogP contribution < -0.4 is 0 Å². The summed E-state index contributed by atoms with van der Waals surface area (Å²) in [5, 5.41) is 0. The van der Waals surface area contributed by atoms with E-state index in [1.807, 2.05) is 6.07 Å². The van der Waals surface area contributed by atoms with Gasteiger partial charge in [-0.1, -0.05) is 20.8 Å². The molecular formula is C17H23BrO3S. The standard InChI is InChI=1S/C17H23BrO3S/c1-17(2,3)12-6-4-11(5-7-12)16(20)21-10-13(19)14-8-9-15(18)22-14/h8-9,11-12H,4-7,10H2,1-3H3. The van der Waals surface area contributed by atoms with Crippen molar-refractivity contribution in [3.8, 4) is 0 Å². The van der Waals surface area contributed by atoms with Crippen LogP contribution >= 0.6 is 27.3 Å². The second kappa shape index (κ2) is 7.26. The van der Waals surface area contributed by atoms with Crippen molar-refractivity contribution in [2.75, 3.05) is 6.61 Å². The van der Waals surface area contributed by atoms with Crippen molar-refractivity contribution in [2.45, 2.75) is 46.5 Å². The largest absolute Gasteiger partial charge is 0.457 e. The van der Waals surface area contributed by atoms with Crippen molar-refractivity contribution in [2.24, 2.45) is 17.3 Å². The quantitative estimate of drug-likeness (QED) is 0.534. The Bertz CT molecular complexity index is 536. The van der Waals surface area contributed by atoms with Gasteiger partial charge < -0.3 is 4.74 Å². The number of thiophene rings is 1. The summed E-state index contributed by atoms with van der Waals surface area (Å²) in [6.45, 7) is 6.63. The van der Waals surface area contributed by atoms with Gasteiger partial charge in [0.2, 0.25) is 5.78 Å². The molecule has 1 aliphatic rings. The molecular weight excluding hydrogens is 364 g/mol. The number of Topliss-reactive ketones (excluding diaryl/α,β-unsaturated/α-hetero) is 1. The maximum absolute atomic E-state index is 12.1. The lowest BCUT2D eigenvalue weighted by molar-refractivity contribution is -0.149. The van der Waals surface area contributed by atoms with Crippen molar-refractivity contribution < 1.29 is 14.3 Å². The fraction of sp³-hybridized carbons (Fsp3) is 0.647. The Labute approximate surface area is 144 Å². The molecule has 0 aromatic carbocycles. The summed E-state index contributed by atoms with van der Waals surface area (Å²) in [4.78, 5) is 24.7. The number of ether oxygens (including phenoxy) is 1. The Morgan fingerprint density at radius 1 is 1.23 bits per heavy atom. The highest BCUT2D eigenvalue weighted by Crippen LogP contribution is 2.40. The molecule has 1 fully saturated rings. The predicted molar refractivity (Wildman–Crippen MR) is 92.2 cm³/mol. The summed E-state index contributed by atoms with van der Waals surface area (Å²) in [7, 11) is 0. The molecule has 2 rings (SSSR count). The van der Waals surface area contributed by atoms with E-state index in [0.29, 0.717) is 16.2 Å². The fourth-order valence-corrected chi connectivity index (χ4v) is 4.30. The first-order valence-corrected chi connectivity index (χ1v) is 9.33. The normalized spacial score (nSPS) is 22.4. The number of carbonyl (C=O) groups is 2. The van der Waals surface area contributed by atoms with E-state index in [4.69, 9.17) is 4.74 Å². The first kappa shape index (κ1) is 17.7. The lowest BCUT2D eigenvalue weighted by atomic mass is 9.70. The van der Waals surface area contributed by atoms with Crippen LogP contribution in [0.3, 0.4) is 0 Å². The molecule has 1 aliphatic carbocycles. The first-order valence-electron chi connectivity index (χ1n) is 7.72. The Kier molecular flexibility index (Phi) is 5.83. The highest BCUT2D eigenvalue weighted by atomic mass is 79.9. The van der Waals surface area contributed by atoms with Gasteiger partial charge in [0.1, 0.15) is 0 Å². The Hall–Kier alpha value is -0.680. The van der Waals surface area contributed by atoms with Crippen LogP contribution in [0, 0.1) is 17.3 Å². The molecule has 1 heterocycles. The van der Waals surface area contributed by atoms with E-state index in [2.05, 4.69) is 36.7 Å². The van der Waals surface area contributed by atoms with E-state index < -0.39 is 0 Å². The highest BCUT2D eigenvalue weighted by Gasteiger charge is 2.33. The van der Waals surface area contributed by atoms with Gasteiger partial charge in [0.25, 0.3) is 0 Å². The van der Waals surface area contributed by atoms with E-state index >= 15 is 0 Å². The molecule has 0 bridgehead atoms. The molecule has 1 aromatic rings. The Morgan fingerprint density at radius 3 is 2.36 bits per heavy atom. The topological polar surface area (TPSA) is 43.4 Å². The number of rotatable bonds is 4. The van der Waals surface area contributed by atoms with Gasteiger partial charge in [-0.2, -0.15) is 0 Å². The minimum absolute atomic E-state index is 0.0403. The van der Waals surface area contributed by atoms with Gasteiger partial charge in [-0.05, 0) is 65.1 Å². The molecule has 1 saturated carbocycles. The summed E-state index contributed by atoms with van der Waals surface area (Å²) in [5.74, 6) is 0.284. The summed E-state index contributed by atoms with van der Waals surface area (Å²) in [5.41, 5.74) is 0.303. The molecule has 0 radical (unpaired) electrons. The van der Waals surface area contributed by atoms with E-state index in [1.54, 1.807) is 6.07 Å². The maximum Gasteiger partial charge on any atom is 0.309 e. The first-order chi connectivity index (χ1) is 10.3. The van der Waals surface area contributed by atoms with Crippen LogP contribution in [0.25, 0.3) is 0 Å². The predicted octanol–water partition coefficient (Wildman–Crippen LogP) is 5.09. The zero-order valence-electron chi connectivity index (χ0n) is 13.4. The van der Waals surface area contributed by atoms with Gasteiger partial charge in [-0.15, -0.1) is 11.3 Å². The van der Waals surface area contributed by atoms with Crippen molar-refractivity contribution >= 4 is 39.0 Å². The molecule has 3 nitrogen and oxygen atoms in total. The van der Waals surface area contributed by atoms with Crippen molar-refractivity contribution in [3.05, 3.63) is 20.8 Å². The van der Waals surface area contributed by atoms with Crippen LogP contribution in [-0.4, -0.2) is 18.4 Å². The monoisotopic (exact) mass is 386 g/mol. The number of ketones is 1. The summed E-state index contributed by atoms with van der Waals surface area (Å²) in [6.07, 6.45) is 3.88. The van der Waals surface area contributed by atoms with Crippen LogP contribution in [0.5, 0.6) is 0 Å². The zero-order chi connectivity index (χ0) is 16.3. The minimum Gasteiger partial charge on any atom is -0.457 e. The third-order valence-corrected chi connectivity index (χ3v) is 6.14. The van der Waals surface area contributed by atoms with E-state index in [-0.39, 0.29) is 24.3 Å². The summed E-state index contributed by atoms with van der Waals surface area (Å²) >= 11 is 4.69. The van der Waals surface area contributed by atoms with Gasteiger partial charge in [0, 0.05) is 0 Å². The third kappa shape index (κ3) is 4.66. The highest BCUT2D eigenvalue weighted by molar-refractivity contribution is 9.11. The molecule has 0 saturated heterocycles. The van der Waals surface area contributed by atoms with Crippen LogP contribution in [0.1, 0.15) is 56.1 Å². The average Bonchev–Trinajstić information content (AvgIpc) is 2.90. The lowest BCUT2D eigenvalue weighted by Gasteiger charge is -2.36. The lowest BCUT2D eigenvalue weighted by Crippen LogP contribution is -2.30. The maximum atomic E-state index is 12.1. The number of carbonyl (C=O) groups excluding carboxylic acids is 2. The summed E-state index contributed by atoms with van der Waals surface area (Å²) in [6, 6.07) is 3.58. The summed E-state index contributed by atoms with van der Waals surface area (Å²) < 4.78 is 6.14. The molecule has 122 valence electrons. The molecule has 22 heavy (non-hydrogen) atoms. The number of hydrogen-bond acceptors (Lipinski definition) is 4.